The lowest BCUT2D eigenvalue weighted by molar-refractivity contribution is 0.183. The van der Waals surface area contributed by atoms with Crippen LogP contribution in [0.2, 0.25) is 5.02 Å². The highest BCUT2D eigenvalue weighted by Gasteiger charge is 2.17. The minimum atomic E-state index is 0.279. The number of phenols is 1. The molecule has 3 aromatic carbocycles. The zero-order chi connectivity index (χ0) is 23.5. The number of ether oxygens (including phenoxy) is 1. The number of benzene rings is 3. The zero-order valence-corrected chi connectivity index (χ0v) is 20.4. The third kappa shape index (κ3) is 4.94. The van der Waals surface area contributed by atoms with Crippen LogP contribution in [-0.2, 0) is 6.54 Å². The van der Waals surface area contributed by atoms with E-state index in [1.165, 1.54) is 37.9 Å². The van der Waals surface area contributed by atoms with Gasteiger partial charge in [0.2, 0.25) is 0 Å². The largest absolute Gasteiger partial charge is 0.508 e. The monoisotopic (exact) mass is 474 g/mol. The van der Waals surface area contributed by atoms with Gasteiger partial charge >= 0.3 is 0 Å². The van der Waals surface area contributed by atoms with E-state index in [1.54, 1.807) is 6.07 Å². The molecule has 0 radical (unpaired) electrons. The van der Waals surface area contributed by atoms with E-state index in [4.69, 9.17) is 16.3 Å². The molecule has 4 nitrogen and oxygen atoms in total. The number of likely N-dealkylation sites (tertiary alicyclic amines) is 1. The first kappa shape index (κ1) is 22.8. The third-order valence-electron chi connectivity index (χ3n) is 6.81. The lowest BCUT2D eigenvalue weighted by Crippen LogP contribution is -2.33. The van der Waals surface area contributed by atoms with E-state index in [2.05, 4.69) is 52.8 Å². The highest BCUT2D eigenvalue weighted by Crippen LogP contribution is 2.36. The van der Waals surface area contributed by atoms with E-state index < -0.39 is 0 Å². The summed E-state index contributed by atoms with van der Waals surface area (Å²) in [6.07, 6.45) is 3.97. The first-order valence-corrected chi connectivity index (χ1v) is 12.5. The molecule has 5 heteroatoms. The second kappa shape index (κ2) is 10.1. The van der Waals surface area contributed by atoms with E-state index in [-0.39, 0.29) is 5.75 Å². The Bertz CT molecular complexity index is 1260. The van der Waals surface area contributed by atoms with Gasteiger partial charge < -0.3 is 14.4 Å². The van der Waals surface area contributed by atoms with E-state index in [0.717, 1.165) is 58.2 Å². The van der Waals surface area contributed by atoms with E-state index >= 15 is 0 Å². The topological polar surface area (TPSA) is 37.6 Å². The fourth-order valence-electron chi connectivity index (χ4n) is 5.00. The summed E-state index contributed by atoms with van der Waals surface area (Å²) >= 11 is 6.15. The number of nitrogens with zero attached hydrogens (tertiary/aromatic N) is 2. The van der Waals surface area contributed by atoms with Crippen LogP contribution in [0.4, 0.5) is 0 Å². The minimum Gasteiger partial charge on any atom is -0.508 e. The Labute approximate surface area is 206 Å². The number of aromatic nitrogens is 1. The molecule has 1 N–H and O–H groups in total. The number of rotatable bonds is 7. The summed E-state index contributed by atoms with van der Waals surface area (Å²) in [6.45, 7) is 6.95. The average molecular weight is 475 g/mol. The smallest absolute Gasteiger partial charge is 0.119 e. The van der Waals surface area contributed by atoms with Crippen LogP contribution in [0.1, 0.15) is 30.4 Å². The van der Waals surface area contributed by atoms with Crippen molar-refractivity contribution in [1.29, 1.82) is 0 Å². The molecular weight excluding hydrogens is 444 g/mol. The van der Waals surface area contributed by atoms with Crippen LogP contribution in [-0.4, -0.2) is 40.8 Å². The molecule has 0 spiro atoms. The number of fused-ring (bicyclic) bond motifs is 1. The second-order valence-corrected chi connectivity index (χ2v) is 9.60. The summed E-state index contributed by atoms with van der Waals surface area (Å²) in [6, 6.07) is 22.0. The molecule has 0 atom stereocenters. The van der Waals surface area contributed by atoms with Gasteiger partial charge in [-0.15, -0.1) is 0 Å². The molecule has 5 rings (SSSR count). The van der Waals surface area contributed by atoms with E-state index in [1.807, 2.05) is 24.3 Å². The Kier molecular flexibility index (Phi) is 6.80. The van der Waals surface area contributed by atoms with Crippen molar-refractivity contribution in [3.8, 4) is 22.8 Å². The first-order valence-electron chi connectivity index (χ1n) is 12.1. The molecule has 1 saturated heterocycles. The lowest BCUT2D eigenvalue weighted by Gasteiger charge is -2.26. The summed E-state index contributed by atoms with van der Waals surface area (Å²) in [7, 11) is 0. The molecule has 0 saturated carbocycles. The quantitative estimate of drug-likeness (QED) is 0.317. The molecule has 1 aliphatic rings. The van der Waals surface area contributed by atoms with Crippen LogP contribution < -0.4 is 4.74 Å². The number of halogens is 1. The van der Waals surface area contributed by atoms with Crippen LogP contribution in [0.15, 0.2) is 66.7 Å². The van der Waals surface area contributed by atoms with Crippen molar-refractivity contribution in [2.24, 2.45) is 0 Å². The van der Waals surface area contributed by atoms with Gasteiger partial charge in [-0.2, -0.15) is 0 Å². The Hall–Kier alpha value is -2.95. The highest BCUT2D eigenvalue weighted by molar-refractivity contribution is 6.30. The second-order valence-electron chi connectivity index (χ2n) is 9.16. The Morgan fingerprint density at radius 3 is 2.38 bits per heavy atom. The van der Waals surface area contributed by atoms with Crippen molar-refractivity contribution >= 4 is 22.5 Å². The number of hydrogen-bond donors (Lipinski definition) is 1. The molecule has 0 aliphatic carbocycles. The van der Waals surface area contributed by atoms with Gasteiger partial charge in [0.15, 0.2) is 0 Å². The van der Waals surface area contributed by atoms with Gasteiger partial charge in [-0.05, 0) is 92.0 Å². The minimum absolute atomic E-state index is 0.279. The molecule has 34 heavy (non-hydrogen) atoms. The third-order valence-corrected chi connectivity index (χ3v) is 7.06. The van der Waals surface area contributed by atoms with E-state index in [9.17, 15) is 5.11 Å². The van der Waals surface area contributed by atoms with Gasteiger partial charge in [-0.25, -0.2) is 0 Å². The average Bonchev–Trinajstić information content (AvgIpc) is 3.12. The van der Waals surface area contributed by atoms with Crippen molar-refractivity contribution in [2.45, 2.75) is 32.7 Å². The molecule has 0 unspecified atom stereocenters. The molecule has 176 valence electrons. The zero-order valence-electron chi connectivity index (χ0n) is 19.6. The van der Waals surface area contributed by atoms with Crippen molar-refractivity contribution in [3.63, 3.8) is 0 Å². The normalized spacial score (nSPS) is 14.5. The summed E-state index contributed by atoms with van der Waals surface area (Å²) in [4.78, 5) is 2.49. The standard InChI is InChI=1S/C29H31ClN2O2/c1-21-27-19-25(33)11-14-28(27)32(29(21)23-7-9-24(30)10-8-23)20-22-5-12-26(13-6-22)34-18-17-31-15-3-2-4-16-31/h5-14,19,33H,2-4,15-18,20H2,1H3. The molecule has 1 fully saturated rings. The Balaban J connectivity index is 1.37. The maximum Gasteiger partial charge on any atom is 0.119 e. The molecular formula is C29H31ClN2O2. The fraction of sp³-hybridized carbons (Fsp3) is 0.310. The summed E-state index contributed by atoms with van der Waals surface area (Å²) in [5.41, 5.74) is 5.69. The Morgan fingerprint density at radius 1 is 0.912 bits per heavy atom. The van der Waals surface area contributed by atoms with Gasteiger partial charge in [0.25, 0.3) is 0 Å². The predicted octanol–water partition coefficient (Wildman–Crippen LogP) is 6.89. The predicted molar refractivity (Wildman–Crippen MR) is 140 cm³/mol. The number of piperidine rings is 1. The number of aromatic hydroxyl groups is 1. The molecule has 1 aliphatic heterocycles. The maximum absolute atomic E-state index is 10.1. The van der Waals surface area contributed by atoms with Gasteiger partial charge in [-0.1, -0.05) is 42.3 Å². The molecule has 1 aromatic heterocycles. The number of phenolic OH excluding ortho intramolecular Hbond substituents is 1. The molecule has 0 bridgehead atoms. The van der Waals surface area contributed by atoms with Crippen LogP contribution in [0, 0.1) is 6.92 Å². The molecule has 4 aromatic rings. The summed E-state index contributed by atoms with van der Waals surface area (Å²) in [5.74, 6) is 1.19. The fourth-order valence-corrected chi connectivity index (χ4v) is 5.13. The van der Waals surface area contributed by atoms with Crippen molar-refractivity contribution in [2.75, 3.05) is 26.2 Å². The van der Waals surface area contributed by atoms with Crippen LogP contribution >= 0.6 is 11.6 Å². The van der Waals surface area contributed by atoms with Gasteiger partial charge in [0.1, 0.15) is 18.1 Å². The Morgan fingerprint density at radius 2 is 1.65 bits per heavy atom. The van der Waals surface area contributed by atoms with Crippen molar-refractivity contribution < 1.29 is 9.84 Å². The van der Waals surface area contributed by atoms with E-state index in [0.29, 0.717) is 0 Å². The molecule has 0 amide bonds. The van der Waals surface area contributed by atoms with Crippen LogP contribution in [0.5, 0.6) is 11.5 Å². The molecule has 2 heterocycles. The summed E-state index contributed by atoms with van der Waals surface area (Å²) in [5, 5.41) is 11.9. The van der Waals surface area contributed by atoms with Crippen molar-refractivity contribution in [3.05, 3.63) is 82.9 Å². The first-order chi connectivity index (χ1) is 16.6. The SMILES string of the molecule is Cc1c(-c2ccc(Cl)cc2)n(Cc2ccc(OCCN3CCCCC3)cc2)c2ccc(O)cc12. The van der Waals surface area contributed by atoms with Crippen LogP contribution in [0.25, 0.3) is 22.2 Å². The maximum atomic E-state index is 10.1. The van der Waals surface area contributed by atoms with Gasteiger partial charge in [-0.3, -0.25) is 4.90 Å². The number of aryl methyl sites for hydroxylation is 1. The number of hydrogen-bond acceptors (Lipinski definition) is 3. The lowest BCUT2D eigenvalue weighted by atomic mass is 10.1. The van der Waals surface area contributed by atoms with Crippen LogP contribution in [0.3, 0.4) is 0 Å². The highest BCUT2D eigenvalue weighted by atomic mass is 35.5. The van der Waals surface area contributed by atoms with Crippen molar-refractivity contribution in [1.82, 2.24) is 9.47 Å². The van der Waals surface area contributed by atoms with Gasteiger partial charge in [0.05, 0.1) is 5.69 Å². The summed E-state index contributed by atoms with van der Waals surface area (Å²) < 4.78 is 8.34. The van der Waals surface area contributed by atoms with Gasteiger partial charge in [0, 0.05) is 29.0 Å².